The molecule has 48 heavy (non-hydrogen) atoms. The van der Waals surface area contributed by atoms with Gasteiger partial charge in [-0.05, 0) is 54.6 Å². The monoisotopic (exact) mass is 666 g/mol. The van der Waals surface area contributed by atoms with Gasteiger partial charge in [-0.1, -0.05) is 90.2 Å². The molecule has 4 aromatic carbocycles. The topological polar surface area (TPSA) is 89.4 Å². The SMILES string of the molecule is CCOC(=O)C1=C(c2ccccc2)N=c2s/c(=C\c3cn(Cc4ccccc4C#N)c4ccccc34)c(=O)n2[C@@H]1c1ccc(SC)cc1. The molecule has 7 nitrogen and oxygen atoms in total. The van der Waals surface area contributed by atoms with E-state index in [1.54, 1.807) is 23.3 Å². The van der Waals surface area contributed by atoms with Crippen LogP contribution >= 0.6 is 23.1 Å². The van der Waals surface area contributed by atoms with Crippen molar-refractivity contribution in [2.24, 2.45) is 4.99 Å². The fourth-order valence-electron chi connectivity index (χ4n) is 6.16. The van der Waals surface area contributed by atoms with Crippen LogP contribution in [0.1, 0.15) is 40.8 Å². The first kappa shape index (κ1) is 31.2. The van der Waals surface area contributed by atoms with Crippen LogP contribution in [0.4, 0.5) is 0 Å². The second kappa shape index (κ2) is 13.4. The maximum atomic E-state index is 14.5. The summed E-state index contributed by atoms with van der Waals surface area (Å²) in [5.74, 6) is -0.506. The molecule has 0 fully saturated rings. The molecule has 1 aliphatic heterocycles. The largest absolute Gasteiger partial charge is 0.463 e. The molecule has 0 radical (unpaired) electrons. The Kier molecular flexibility index (Phi) is 8.68. The maximum Gasteiger partial charge on any atom is 0.338 e. The van der Waals surface area contributed by atoms with E-state index in [0.717, 1.165) is 38.1 Å². The van der Waals surface area contributed by atoms with E-state index in [0.29, 0.717) is 32.7 Å². The summed E-state index contributed by atoms with van der Waals surface area (Å²) in [6, 6.07) is 34.7. The zero-order valence-corrected chi connectivity index (χ0v) is 27.9. The molecule has 0 saturated heterocycles. The Bertz CT molecular complexity index is 2430. The zero-order chi connectivity index (χ0) is 33.2. The maximum absolute atomic E-state index is 14.5. The number of thiazole rings is 1. The summed E-state index contributed by atoms with van der Waals surface area (Å²) < 4.78 is 9.84. The molecule has 0 amide bonds. The first-order valence-electron chi connectivity index (χ1n) is 15.5. The zero-order valence-electron chi connectivity index (χ0n) is 26.3. The van der Waals surface area contributed by atoms with Crippen LogP contribution in [0.3, 0.4) is 0 Å². The van der Waals surface area contributed by atoms with Crippen molar-refractivity contribution in [3.63, 3.8) is 0 Å². The Morgan fingerprint density at radius 3 is 2.48 bits per heavy atom. The lowest BCUT2D eigenvalue weighted by molar-refractivity contribution is -0.138. The Labute approximate surface area is 285 Å². The molecular formula is C39H30N4O3S2. The number of aromatic nitrogens is 2. The van der Waals surface area contributed by atoms with Crippen molar-refractivity contribution in [1.82, 2.24) is 9.13 Å². The molecule has 236 valence electrons. The first-order valence-corrected chi connectivity index (χ1v) is 17.5. The summed E-state index contributed by atoms with van der Waals surface area (Å²) in [6.45, 7) is 2.47. The van der Waals surface area contributed by atoms with Crippen LogP contribution in [0.25, 0.3) is 22.7 Å². The second-order valence-electron chi connectivity index (χ2n) is 11.2. The molecule has 1 atom stereocenters. The number of fused-ring (bicyclic) bond motifs is 2. The van der Waals surface area contributed by atoms with Gasteiger partial charge in [0.05, 0.1) is 40.1 Å². The van der Waals surface area contributed by atoms with Gasteiger partial charge >= 0.3 is 5.97 Å². The molecule has 9 heteroatoms. The van der Waals surface area contributed by atoms with Gasteiger partial charge in [0.1, 0.15) is 0 Å². The van der Waals surface area contributed by atoms with Crippen molar-refractivity contribution < 1.29 is 9.53 Å². The molecular weight excluding hydrogens is 637 g/mol. The minimum Gasteiger partial charge on any atom is -0.463 e. The van der Waals surface area contributed by atoms with Crippen LogP contribution in [-0.2, 0) is 16.1 Å². The molecule has 0 spiro atoms. The van der Waals surface area contributed by atoms with Crippen LogP contribution in [0.15, 0.2) is 130 Å². The summed E-state index contributed by atoms with van der Waals surface area (Å²) >= 11 is 2.93. The van der Waals surface area contributed by atoms with E-state index in [-0.39, 0.29) is 12.2 Å². The molecule has 6 aromatic rings. The number of ether oxygens (including phenoxy) is 1. The number of nitriles is 1. The first-order chi connectivity index (χ1) is 23.5. The van der Waals surface area contributed by atoms with Crippen molar-refractivity contribution in [2.75, 3.05) is 12.9 Å². The number of benzene rings is 4. The molecule has 1 aliphatic rings. The minimum atomic E-state index is -0.739. The standard InChI is InChI=1S/C39H30N4O3S2/c1-3-46-38(45)34-35(25-11-5-4-6-12-25)41-39-43(36(34)26-17-19-30(47-2)20-18-26)37(44)33(48-39)21-29-24-42(32-16-10-9-15-31(29)32)23-28-14-8-7-13-27(28)22-40/h4-21,24,36H,3,23H2,1-2H3/b33-21-/t36-/m1/s1. The number of carbonyl (C=O) groups excluding carboxylic acids is 1. The van der Waals surface area contributed by atoms with Crippen LogP contribution < -0.4 is 14.9 Å². The predicted octanol–water partition coefficient (Wildman–Crippen LogP) is 6.53. The molecule has 0 unspecified atom stereocenters. The highest BCUT2D eigenvalue weighted by molar-refractivity contribution is 7.98. The molecule has 0 saturated carbocycles. The van der Waals surface area contributed by atoms with E-state index in [1.807, 2.05) is 122 Å². The quantitative estimate of drug-likeness (QED) is 0.136. The van der Waals surface area contributed by atoms with Crippen LogP contribution in [0.5, 0.6) is 0 Å². The van der Waals surface area contributed by atoms with Gasteiger partial charge in [-0.15, -0.1) is 11.8 Å². The number of para-hydroxylation sites is 1. The van der Waals surface area contributed by atoms with Gasteiger partial charge in [-0.3, -0.25) is 9.36 Å². The third kappa shape index (κ3) is 5.70. The van der Waals surface area contributed by atoms with Gasteiger partial charge in [0.15, 0.2) is 4.80 Å². The van der Waals surface area contributed by atoms with Gasteiger partial charge in [-0.25, -0.2) is 9.79 Å². The van der Waals surface area contributed by atoms with E-state index in [1.165, 1.54) is 11.3 Å². The van der Waals surface area contributed by atoms with Crippen LogP contribution in [0, 0.1) is 11.3 Å². The number of hydrogen-bond acceptors (Lipinski definition) is 7. The highest BCUT2D eigenvalue weighted by atomic mass is 32.2. The number of thioether (sulfide) groups is 1. The van der Waals surface area contributed by atoms with E-state index in [2.05, 4.69) is 10.6 Å². The second-order valence-corrected chi connectivity index (χ2v) is 13.1. The number of carbonyl (C=O) groups is 1. The molecule has 0 aliphatic carbocycles. The third-order valence-corrected chi connectivity index (χ3v) is 10.1. The predicted molar refractivity (Wildman–Crippen MR) is 191 cm³/mol. The highest BCUT2D eigenvalue weighted by Gasteiger charge is 2.35. The third-order valence-electron chi connectivity index (χ3n) is 8.39. The summed E-state index contributed by atoms with van der Waals surface area (Å²) in [5, 5.41) is 10.7. The van der Waals surface area contributed by atoms with E-state index in [9.17, 15) is 14.9 Å². The Balaban J connectivity index is 1.45. The fourth-order valence-corrected chi connectivity index (χ4v) is 7.56. The van der Waals surface area contributed by atoms with Crippen molar-refractivity contribution in [2.45, 2.75) is 24.4 Å². The summed E-state index contributed by atoms with van der Waals surface area (Å²) in [7, 11) is 0. The van der Waals surface area contributed by atoms with Crippen LogP contribution in [0.2, 0.25) is 0 Å². The number of nitrogens with zero attached hydrogens (tertiary/aromatic N) is 4. The average Bonchev–Trinajstić information content (AvgIpc) is 3.64. The van der Waals surface area contributed by atoms with E-state index in [4.69, 9.17) is 9.73 Å². The summed E-state index contributed by atoms with van der Waals surface area (Å²) in [4.78, 5) is 34.8. The van der Waals surface area contributed by atoms with Crippen molar-refractivity contribution in [1.29, 1.82) is 5.26 Å². The number of esters is 1. The normalized spacial score (nSPS) is 14.4. The summed E-state index contributed by atoms with van der Waals surface area (Å²) in [5.41, 5.74) is 5.55. The smallest absolute Gasteiger partial charge is 0.338 e. The Morgan fingerprint density at radius 1 is 1.00 bits per heavy atom. The van der Waals surface area contributed by atoms with Gasteiger partial charge < -0.3 is 9.30 Å². The van der Waals surface area contributed by atoms with Crippen molar-refractivity contribution in [3.05, 3.63) is 162 Å². The van der Waals surface area contributed by atoms with Gasteiger partial charge in [-0.2, -0.15) is 5.26 Å². The van der Waals surface area contributed by atoms with E-state index < -0.39 is 12.0 Å². The van der Waals surface area contributed by atoms with Crippen molar-refractivity contribution in [3.8, 4) is 6.07 Å². The molecule has 0 N–H and O–H groups in total. The molecule has 2 aromatic heterocycles. The lowest BCUT2D eigenvalue weighted by Gasteiger charge is -2.26. The molecule has 7 rings (SSSR count). The highest BCUT2D eigenvalue weighted by Crippen LogP contribution is 2.36. The molecule has 0 bridgehead atoms. The van der Waals surface area contributed by atoms with Crippen LogP contribution in [-0.4, -0.2) is 28.0 Å². The van der Waals surface area contributed by atoms with Gasteiger partial charge in [0.2, 0.25) is 0 Å². The number of rotatable bonds is 8. The van der Waals surface area contributed by atoms with E-state index >= 15 is 0 Å². The van der Waals surface area contributed by atoms with Gasteiger partial charge in [0, 0.05) is 39.7 Å². The lowest BCUT2D eigenvalue weighted by atomic mass is 9.93. The Morgan fingerprint density at radius 2 is 1.73 bits per heavy atom. The number of hydrogen-bond donors (Lipinski definition) is 0. The fraction of sp³-hybridized carbons (Fsp3) is 0.128. The summed E-state index contributed by atoms with van der Waals surface area (Å²) in [6.07, 6.45) is 5.94. The minimum absolute atomic E-state index is 0.190. The average molecular weight is 667 g/mol. The lowest BCUT2D eigenvalue weighted by Crippen LogP contribution is -2.40. The van der Waals surface area contributed by atoms with Gasteiger partial charge in [0.25, 0.3) is 5.56 Å². The Hall–Kier alpha value is -5.43. The molecule has 3 heterocycles. The van der Waals surface area contributed by atoms with Crippen molar-refractivity contribution >= 4 is 51.7 Å².